The third kappa shape index (κ3) is 7.70. The third-order valence-corrected chi connectivity index (χ3v) is 8.99. The Kier molecular flexibility index (Phi) is 10.7. The van der Waals surface area contributed by atoms with Crippen molar-refractivity contribution in [3.63, 3.8) is 0 Å². The van der Waals surface area contributed by atoms with Crippen LogP contribution in [-0.4, -0.2) is 43.8 Å². The number of hydrogen-bond acceptors (Lipinski definition) is 4. The van der Waals surface area contributed by atoms with E-state index < -0.39 is 28.5 Å². The minimum atomic E-state index is -4.08. The number of hydrogen-bond donors (Lipinski definition) is 1. The summed E-state index contributed by atoms with van der Waals surface area (Å²) in [6.07, 6.45) is 1.33. The lowest BCUT2D eigenvalue weighted by atomic mass is 10.1. The molecule has 0 saturated carbocycles. The number of para-hydroxylation sites is 1. The minimum absolute atomic E-state index is 0.0593. The largest absolute Gasteiger partial charge is 0.352 e. The molecule has 3 rings (SSSR count). The molecule has 0 aliphatic heterocycles. The summed E-state index contributed by atoms with van der Waals surface area (Å²) < 4.78 is 29.9. The molecule has 2 atom stereocenters. The number of nitrogens with one attached hydrogen (secondary N) is 1. The fourth-order valence-electron chi connectivity index (χ4n) is 4.12. The maximum absolute atomic E-state index is 14.0. The molecular weight excluding hydrogens is 578 g/mol. The van der Waals surface area contributed by atoms with E-state index in [1.54, 1.807) is 37.3 Å². The van der Waals surface area contributed by atoms with Crippen molar-refractivity contribution in [2.75, 3.05) is 10.8 Å². The predicted molar refractivity (Wildman–Crippen MR) is 159 cm³/mol. The second kappa shape index (κ2) is 13.8. The molecule has 3 aromatic rings. The number of halogens is 1. The van der Waals surface area contributed by atoms with E-state index in [4.69, 9.17) is 0 Å². The molecule has 1 N–H and O–H groups in total. The first kappa shape index (κ1) is 30.4. The Hall–Kier alpha value is -3.17. The number of carbonyl (C=O) groups excluding carboxylic acids is 2. The predicted octanol–water partition coefficient (Wildman–Crippen LogP) is 5.54. The van der Waals surface area contributed by atoms with Crippen molar-refractivity contribution in [2.24, 2.45) is 0 Å². The first-order valence-corrected chi connectivity index (χ1v) is 15.3. The summed E-state index contributed by atoms with van der Waals surface area (Å²) >= 11 is 3.43. The van der Waals surface area contributed by atoms with Crippen molar-refractivity contribution in [2.45, 2.75) is 64.1 Å². The van der Waals surface area contributed by atoms with Gasteiger partial charge in [0.2, 0.25) is 11.8 Å². The number of nitrogens with zero attached hydrogens (tertiary/aromatic N) is 2. The normalized spacial score (nSPS) is 12.8. The number of aryl methyl sites for hydroxylation is 1. The van der Waals surface area contributed by atoms with Gasteiger partial charge in [-0.05, 0) is 68.1 Å². The fraction of sp³-hybridized carbons (Fsp3) is 0.333. The Labute approximate surface area is 240 Å². The van der Waals surface area contributed by atoms with Crippen molar-refractivity contribution < 1.29 is 18.0 Å². The average Bonchev–Trinajstić information content (AvgIpc) is 2.95. The third-order valence-electron chi connectivity index (χ3n) is 6.69. The van der Waals surface area contributed by atoms with Gasteiger partial charge in [-0.15, -0.1) is 0 Å². The van der Waals surface area contributed by atoms with Crippen LogP contribution in [0.2, 0.25) is 0 Å². The van der Waals surface area contributed by atoms with Gasteiger partial charge in [-0.25, -0.2) is 8.42 Å². The van der Waals surface area contributed by atoms with Crippen molar-refractivity contribution in [3.8, 4) is 0 Å². The summed E-state index contributed by atoms with van der Waals surface area (Å²) in [6, 6.07) is 21.8. The number of rotatable bonds is 12. The highest BCUT2D eigenvalue weighted by Gasteiger charge is 2.33. The Morgan fingerprint density at radius 3 is 2.13 bits per heavy atom. The second-order valence-electron chi connectivity index (χ2n) is 9.45. The van der Waals surface area contributed by atoms with Crippen LogP contribution in [-0.2, 0) is 32.6 Å². The van der Waals surface area contributed by atoms with Crippen LogP contribution in [0.15, 0.2) is 88.2 Å². The lowest BCUT2D eigenvalue weighted by Crippen LogP contribution is -2.52. The van der Waals surface area contributed by atoms with Gasteiger partial charge >= 0.3 is 0 Å². The molecular formula is C30H36BrN3O4S. The van der Waals surface area contributed by atoms with Crippen LogP contribution in [0.5, 0.6) is 0 Å². The molecule has 0 aromatic heterocycles. The number of amides is 2. The summed E-state index contributed by atoms with van der Waals surface area (Å²) in [5.41, 5.74) is 2.06. The lowest BCUT2D eigenvalue weighted by molar-refractivity contribution is -0.139. The summed E-state index contributed by atoms with van der Waals surface area (Å²) in [4.78, 5) is 28.7. The Morgan fingerprint density at radius 1 is 0.897 bits per heavy atom. The van der Waals surface area contributed by atoms with Crippen LogP contribution in [0.3, 0.4) is 0 Å². The van der Waals surface area contributed by atoms with Crippen LogP contribution in [0.1, 0.15) is 45.2 Å². The smallest absolute Gasteiger partial charge is 0.264 e. The molecule has 0 saturated heterocycles. The van der Waals surface area contributed by atoms with E-state index in [1.807, 2.05) is 57.2 Å². The van der Waals surface area contributed by atoms with E-state index >= 15 is 0 Å². The number of benzene rings is 3. The molecule has 0 spiro atoms. The summed E-state index contributed by atoms with van der Waals surface area (Å²) in [5, 5.41) is 2.95. The van der Waals surface area contributed by atoms with Gasteiger partial charge in [-0.2, -0.15) is 0 Å². The highest BCUT2D eigenvalue weighted by Crippen LogP contribution is 2.28. The van der Waals surface area contributed by atoms with Gasteiger partial charge in [0.25, 0.3) is 10.0 Å². The van der Waals surface area contributed by atoms with Gasteiger partial charge in [0, 0.05) is 17.1 Å². The molecule has 0 aliphatic rings. The molecule has 0 fully saturated rings. The first-order chi connectivity index (χ1) is 18.6. The molecule has 0 radical (unpaired) electrons. The van der Waals surface area contributed by atoms with E-state index in [0.29, 0.717) is 12.1 Å². The molecule has 9 heteroatoms. The molecule has 0 heterocycles. The van der Waals surface area contributed by atoms with E-state index in [1.165, 1.54) is 17.0 Å². The van der Waals surface area contributed by atoms with Gasteiger partial charge < -0.3 is 10.2 Å². The van der Waals surface area contributed by atoms with Crippen molar-refractivity contribution in [1.29, 1.82) is 0 Å². The van der Waals surface area contributed by atoms with Crippen LogP contribution in [0, 0.1) is 0 Å². The summed E-state index contributed by atoms with van der Waals surface area (Å²) in [6.45, 7) is 7.18. The number of anilines is 1. The van der Waals surface area contributed by atoms with Crippen LogP contribution in [0.4, 0.5) is 5.69 Å². The zero-order valence-electron chi connectivity index (χ0n) is 22.8. The lowest BCUT2D eigenvalue weighted by Gasteiger charge is -2.33. The van der Waals surface area contributed by atoms with Crippen molar-refractivity contribution in [1.82, 2.24) is 10.2 Å². The second-order valence-corrected chi connectivity index (χ2v) is 12.2. The Balaban J connectivity index is 2.04. The number of carbonyl (C=O) groups is 2. The quantitative estimate of drug-likeness (QED) is 0.291. The van der Waals surface area contributed by atoms with Gasteiger partial charge in [-0.1, -0.05) is 78.3 Å². The summed E-state index contributed by atoms with van der Waals surface area (Å²) in [5.74, 6) is -0.767. The zero-order valence-corrected chi connectivity index (χ0v) is 25.2. The first-order valence-electron chi connectivity index (χ1n) is 13.1. The van der Waals surface area contributed by atoms with E-state index in [9.17, 15) is 18.0 Å². The van der Waals surface area contributed by atoms with Crippen LogP contribution < -0.4 is 9.62 Å². The molecule has 0 bridgehead atoms. The molecule has 0 unspecified atom stereocenters. The van der Waals surface area contributed by atoms with Crippen molar-refractivity contribution in [3.05, 3.63) is 94.5 Å². The maximum Gasteiger partial charge on any atom is 0.264 e. The Morgan fingerprint density at radius 2 is 1.51 bits per heavy atom. The van der Waals surface area contributed by atoms with Gasteiger partial charge in [0.1, 0.15) is 12.6 Å². The van der Waals surface area contributed by atoms with Gasteiger partial charge in [0.15, 0.2) is 0 Å². The molecule has 7 nitrogen and oxygen atoms in total. The van der Waals surface area contributed by atoms with E-state index in [0.717, 1.165) is 26.3 Å². The van der Waals surface area contributed by atoms with Crippen molar-refractivity contribution >= 4 is 43.5 Å². The monoisotopic (exact) mass is 613 g/mol. The Bertz CT molecular complexity index is 1360. The molecule has 39 heavy (non-hydrogen) atoms. The van der Waals surface area contributed by atoms with Crippen LogP contribution in [0.25, 0.3) is 0 Å². The zero-order chi connectivity index (χ0) is 28.6. The fourth-order valence-corrected chi connectivity index (χ4v) is 5.86. The maximum atomic E-state index is 14.0. The molecule has 0 aliphatic carbocycles. The standard InChI is InChI=1S/C30H36BrN3O4S/c1-5-22(3)32-30(36)23(4)33(20-24-16-18-26(31)19-17-24)29(35)21-34(28-15-11-10-12-25(28)6-2)39(37,38)27-13-8-7-9-14-27/h7-19,22-23H,5-6,20-21H2,1-4H3,(H,32,36)/t22-,23+/m0/s1. The molecule has 3 aromatic carbocycles. The molecule has 208 valence electrons. The topological polar surface area (TPSA) is 86.8 Å². The van der Waals surface area contributed by atoms with Gasteiger partial charge in [0.05, 0.1) is 10.6 Å². The highest BCUT2D eigenvalue weighted by molar-refractivity contribution is 9.10. The van der Waals surface area contributed by atoms with E-state index in [-0.39, 0.29) is 23.4 Å². The van der Waals surface area contributed by atoms with E-state index in [2.05, 4.69) is 21.2 Å². The molecule has 2 amide bonds. The number of sulfonamides is 1. The van der Waals surface area contributed by atoms with Crippen LogP contribution >= 0.6 is 15.9 Å². The minimum Gasteiger partial charge on any atom is -0.352 e. The highest BCUT2D eigenvalue weighted by atomic mass is 79.9. The summed E-state index contributed by atoms with van der Waals surface area (Å²) in [7, 11) is -4.08. The van der Waals surface area contributed by atoms with Gasteiger partial charge in [-0.3, -0.25) is 13.9 Å². The SMILES string of the molecule is CCc1ccccc1N(CC(=O)N(Cc1ccc(Br)cc1)[C@H](C)C(=O)N[C@@H](C)CC)S(=O)(=O)c1ccccc1. The average molecular weight is 615 g/mol.